The molecule has 8 heteroatoms. The first-order valence-electron chi connectivity index (χ1n) is 9.26. The number of para-hydroxylation sites is 1. The molecule has 0 aliphatic carbocycles. The van der Waals surface area contributed by atoms with E-state index < -0.39 is 0 Å². The molecule has 0 bridgehead atoms. The smallest absolute Gasteiger partial charge is 0.241 e. The third kappa shape index (κ3) is 5.99. The number of hydrogen-bond acceptors (Lipinski definition) is 6. The minimum Gasteiger partial charge on any atom is -0.493 e. The minimum atomic E-state index is -0.317. The van der Waals surface area contributed by atoms with E-state index in [4.69, 9.17) is 9.47 Å². The monoisotopic (exact) mass is 413 g/mol. The lowest BCUT2D eigenvalue weighted by Crippen LogP contribution is -2.25. The largest absolute Gasteiger partial charge is 0.493 e. The number of ether oxygens (including phenoxy) is 2. The molecule has 1 N–H and O–H groups in total. The zero-order valence-corrected chi connectivity index (χ0v) is 17.1. The van der Waals surface area contributed by atoms with Crippen molar-refractivity contribution in [3.8, 4) is 11.5 Å². The van der Waals surface area contributed by atoms with Gasteiger partial charge in [-0.15, -0.1) is 5.10 Å². The molecule has 3 rings (SSSR count). The van der Waals surface area contributed by atoms with Gasteiger partial charge in [-0.3, -0.25) is 9.59 Å². The van der Waals surface area contributed by atoms with E-state index in [9.17, 15) is 9.59 Å². The molecule has 1 aliphatic heterocycles. The second kappa shape index (κ2) is 9.97. The van der Waals surface area contributed by atoms with E-state index in [1.54, 1.807) is 0 Å². The number of carbonyl (C=O) groups excluding carboxylic acids is 2. The van der Waals surface area contributed by atoms with Crippen LogP contribution in [0.2, 0.25) is 0 Å². The van der Waals surface area contributed by atoms with E-state index >= 15 is 0 Å². The van der Waals surface area contributed by atoms with Crippen molar-refractivity contribution in [2.24, 2.45) is 5.10 Å². The van der Waals surface area contributed by atoms with Crippen LogP contribution in [0.3, 0.4) is 0 Å². The van der Waals surface area contributed by atoms with Crippen molar-refractivity contribution in [2.45, 2.75) is 25.6 Å². The molecular weight excluding hydrogens is 390 g/mol. The maximum atomic E-state index is 11.9. The summed E-state index contributed by atoms with van der Waals surface area (Å²) in [4.78, 5) is 23.1. The molecule has 0 spiro atoms. The quantitative estimate of drug-likeness (QED) is 0.703. The Bertz CT molecular complexity index is 871. The summed E-state index contributed by atoms with van der Waals surface area (Å²) in [7, 11) is 0. The van der Waals surface area contributed by atoms with Crippen molar-refractivity contribution in [3.63, 3.8) is 0 Å². The fraction of sp³-hybridized carbons (Fsp3) is 0.286. The van der Waals surface area contributed by atoms with E-state index in [1.165, 1.54) is 30.6 Å². The van der Waals surface area contributed by atoms with Crippen LogP contribution < -0.4 is 14.8 Å². The number of thioether (sulfide) groups is 1. The van der Waals surface area contributed by atoms with Gasteiger partial charge >= 0.3 is 0 Å². The first-order valence-corrected chi connectivity index (χ1v) is 10.1. The van der Waals surface area contributed by atoms with E-state index in [2.05, 4.69) is 10.4 Å². The summed E-state index contributed by atoms with van der Waals surface area (Å²) >= 11 is 1.32. The number of nitrogens with zero attached hydrogens (tertiary/aromatic N) is 2. The highest BCUT2D eigenvalue weighted by atomic mass is 32.2. The number of amidine groups is 1. The Labute approximate surface area is 174 Å². The normalized spacial score (nSPS) is 15.6. The Morgan fingerprint density at radius 2 is 1.62 bits per heavy atom. The zero-order valence-electron chi connectivity index (χ0n) is 16.3. The van der Waals surface area contributed by atoms with Gasteiger partial charge in [-0.2, -0.15) is 0 Å². The van der Waals surface area contributed by atoms with Gasteiger partial charge in [0, 0.05) is 20.3 Å². The highest BCUT2D eigenvalue weighted by Crippen LogP contribution is 2.39. The van der Waals surface area contributed by atoms with Gasteiger partial charge in [-0.25, -0.2) is 5.01 Å². The van der Waals surface area contributed by atoms with Crippen LogP contribution in [0, 0.1) is 0 Å². The summed E-state index contributed by atoms with van der Waals surface area (Å²) < 4.78 is 11.4. The molecule has 0 saturated heterocycles. The Balaban J connectivity index is 1.49. The molecule has 0 saturated carbocycles. The van der Waals surface area contributed by atoms with Crippen molar-refractivity contribution in [2.75, 3.05) is 13.2 Å². The van der Waals surface area contributed by atoms with E-state index in [0.717, 1.165) is 23.5 Å². The van der Waals surface area contributed by atoms with Gasteiger partial charge in [0.05, 0.1) is 13.2 Å². The number of carbonyl (C=O) groups is 2. The molecular formula is C21H23N3O4S. The summed E-state index contributed by atoms with van der Waals surface area (Å²) in [5, 5.41) is 8.29. The van der Waals surface area contributed by atoms with Crippen molar-refractivity contribution >= 4 is 28.7 Å². The van der Waals surface area contributed by atoms with Gasteiger partial charge < -0.3 is 14.8 Å². The molecule has 1 atom stereocenters. The van der Waals surface area contributed by atoms with Crippen LogP contribution in [0.15, 0.2) is 59.7 Å². The summed E-state index contributed by atoms with van der Waals surface area (Å²) in [5.41, 5.74) is 0.897. The first kappa shape index (κ1) is 20.7. The highest BCUT2D eigenvalue weighted by Gasteiger charge is 2.32. The fourth-order valence-corrected chi connectivity index (χ4v) is 3.80. The van der Waals surface area contributed by atoms with E-state index in [1.807, 2.05) is 54.6 Å². The number of benzene rings is 2. The standard InChI is InChI=1S/C21H23N3O4S/c1-15(25)22-21-23-24(16(2)26)20(29-21)17-9-11-19(12-10-17)28-14-6-13-27-18-7-4-3-5-8-18/h3-5,7-12,20H,6,13-14H2,1-2H3,(H,22,23,25)/t20-/m0/s1. The number of rotatable bonds is 7. The van der Waals surface area contributed by atoms with Gasteiger partial charge in [-0.1, -0.05) is 42.1 Å². The molecule has 0 aromatic heterocycles. The molecule has 152 valence electrons. The molecule has 29 heavy (non-hydrogen) atoms. The molecule has 0 unspecified atom stereocenters. The van der Waals surface area contributed by atoms with Gasteiger partial charge in [0.15, 0.2) is 5.17 Å². The Kier molecular flexibility index (Phi) is 7.13. The number of hydrogen-bond donors (Lipinski definition) is 1. The van der Waals surface area contributed by atoms with Crippen LogP contribution in [0.5, 0.6) is 11.5 Å². The van der Waals surface area contributed by atoms with Crippen LogP contribution in [0.1, 0.15) is 31.2 Å². The molecule has 1 heterocycles. The third-order valence-electron chi connectivity index (χ3n) is 3.98. The lowest BCUT2D eigenvalue weighted by atomic mass is 10.2. The molecule has 0 radical (unpaired) electrons. The maximum absolute atomic E-state index is 11.9. The van der Waals surface area contributed by atoms with E-state index in [-0.39, 0.29) is 17.2 Å². The molecule has 2 amide bonds. The van der Waals surface area contributed by atoms with Crippen LogP contribution in [-0.4, -0.2) is 35.2 Å². The average molecular weight is 413 g/mol. The summed E-state index contributed by atoms with van der Waals surface area (Å²) in [6.07, 6.45) is 0.765. The molecule has 1 aliphatic rings. The van der Waals surface area contributed by atoms with Gasteiger partial charge in [-0.05, 0) is 29.8 Å². The summed E-state index contributed by atoms with van der Waals surface area (Å²) in [6.45, 7) is 3.98. The number of amides is 2. The molecule has 2 aromatic carbocycles. The van der Waals surface area contributed by atoms with Gasteiger partial charge in [0.1, 0.15) is 16.9 Å². The van der Waals surface area contributed by atoms with Crippen molar-refractivity contribution in [3.05, 3.63) is 60.2 Å². The average Bonchev–Trinajstić information content (AvgIpc) is 3.12. The highest BCUT2D eigenvalue weighted by molar-refractivity contribution is 8.14. The minimum absolute atomic E-state index is 0.193. The van der Waals surface area contributed by atoms with Crippen LogP contribution in [0.25, 0.3) is 0 Å². The van der Waals surface area contributed by atoms with Crippen LogP contribution >= 0.6 is 11.8 Å². The zero-order chi connectivity index (χ0) is 20.6. The van der Waals surface area contributed by atoms with Gasteiger partial charge in [0.25, 0.3) is 0 Å². The lowest BCUT2D eigenvalue weighted by Gasteiger charge is -2.19. The van der Waals surface area contributed by atoms with Crippen molar-refractivity contribution in [1.29, 1.82) is 0 Å². The lowest BCUT2D eigenvalue weighted by molar-refractivity contribution is -0.129. The number of hydrazone groups is 1. The summed E-state index contributed by atoms with van der Waals surface area (Å²) in [6, 6.07) is 17.2. The SMILES string of the molecule is CC(=O)NC1=NN(C(C)=O)[C@H](c2ccc(OCCCOc3ccccc3)cc2)S1. The molecule has 7 nitrogen and oxygen atoms in total. The van der Waals surface area contributed by atoms with Crippen LogP contribution in [0.4, 0.5) is 0 Å². The van der Waals surface area contributed by atoms with Crippen LogP contribution in [-0.2, 0) is 9.59 Å². The number of nitrogens with one attached hydrogen (secondary N) is 1. The van der Waals surface area contributed by atoms with Gasteiger partial charge in [0.2, 0.25) is 11.8 Å². The van der Waals surface area contributed by atoms with E-state index in [0.29, 0.717) is 18.4 Å². The van der Waals surface area contributed by atoms with Crippen molar-refractivity contribution in [1.82, 2.24) is 10.3 Å². The second-order valence-corrected chi connectivity index (χ2v) is 7.42. The maximum Gasteiger partial charge on any atom is 0.241 e. The Morgan fingerprint density at radius 1 is 1.00 bits per heavy atom. The van der Waals surface area contributed by atoms with Crippen molar-refractivity contribution < 1.29 is 19.1 Å². The predicted molar refractivity (Wildman–Crippen MR) is 113 cm³/mol. The second-order valence-electron chi connectivity index (χ2n) is 6.35. The predicted octanol–water partition coefficient (Wildman–Crippen LogP) is 3.54. The molecule has 2 aromatic rings. The Morgan fingerprint density at radius 3 is 2.21 bits per heavy atom. The first-order chi connectivity index (χ1) is 14.0. The summed E-state index contributed by atoms with van der Waals surface area (Å²) in [5.74, 6) is 1.18. The Hall–Kier alpha value is -3.00. The third-order valence-corrected chi connectivity index (χ3v) is 5.09. The molecule has 0 fully saturated rings. The topological polar surface area (TPSA) is 80.2 Å². The fourth-order valence-electron chi connectivity index (χ4n) is 2.66.